The van der Waals surface area contributed by atoms with Crippen LogP contribution in [0.3, 0.4) is 0 Å². The van der Waals surface area contributed by atoms with E-state index < -0.39 is 0 Å². The monoisotopic (exact) mass is 646 g/mol. The zero-order chi connectivity index (χ0) is 33.8. The van der Waals surface area contributed by atoms with Gasteiger partial charge in [0.2, 0.25) is 0 Å². The zero-order valence-electron chi connectivity index (χ0n) is 28.0. The van der Waals surface area contributed by atoms with Gasteiger partial charge in [0.25, 0.3) is 0 Å². The second-order valence-corrected chi connectivity index (χ2v) is 13.5. The lowest BCUT2D eigenvalue weighted by Gasteiger charge is -2.31. The number of para-hydroxylation sites is 3. The van der Waals surface area contributed by atoms with E-state index >= 15 is 4.39 Å². The number of hydrogen-bond acceptors (Lipinski definition) is 2. The molecule has 0 radical (unpaired) electrons. The summed E-state index contributed by atoms with van der Waals surface area (Å²) in [5, 5.41) is 4.41. The minimum Gasteiger partial charge on any atom is -0.310 e. The van der Waals surface area contributed by atoms with Gasteiger partial charge in [-0.1, -0.05) is 129 Å². The lowest BCUT2D eigenvalue weighted by molar-refractivity contribution is 0.629. The maximum Gasteiger partial charge on any atom is 0.147 e. The van der Waals surface area contributed by atoms with Crippen molar-refractivity contribution in [3.63, 3.8) is 0 Å². The van der Waals surface area contributed by atoms with E-state index in [1.807, 2.05) is 12.1 Å². The Morgan fingerprint density at radius 2 is 1.00 bits per heavy atom. The van der Waals surface area contributed by atoms with Crippen LogP contribution in [0, 0.1) is 5.82 Å². The molecular weight excluding hydrogens is 612 g/mol. The topological polar surface area (TPSA) is 6.48 Å². The largest absolute Gasteiger partial charge is 0.310 e. The first-order valence-electron chi connectivity index (χ1n) is 17.1. The summed E-state index contributed by atoms with van der Waals surface area (Å²) >= 11 is 0. The van der Waals surface area contributed by atoms with Crippen LogP contribution in [-0.4, -0.2) is 0 Å². The summed E-state index contributed by atoms with van der Waals surface area (Å²) in [6.07, 6.45) is 0. The number of halogens is 1. The van der Waals surface area contributed by atoms with Gasteiger partial charge in [-0.25, -0.2) is 4.39 Å². The molecule has 0 saturated heterocycles. The van der Waals surface area contributed by atoms with E-state index in [1.165, 1.54) is 22.3 Å². The first-order chi connectivity index (χ1) is 24.5. The molecule has 1 aliphatic carbocycles. The molecule has 0 amide bonds. The van der Waals surface area contributed by atoms with E-state index in [4.69, 9.17) is 0 Å². The highest BCUT2D eigenvalue weighted by Crippen LogP contribution is 2.56. The van der Waals surface area contributed by atoms with Crippen molar-refractivity contribution >= 4 is 55.7 Å². The van der Waals surface area contributed by atoms with E-state index in [1.54, 1.807) is 12.1 Å². The summed E-state index contributed by atoms with van der Waals surface area (Å²) < 4.78 is 16.0. The normalized spacial score (nSPS) is 12.9. The third-order valence-electron chi connectivity index (χ3n) is 10.3. The fourth-order valence-corrected chi connectivity index (χ4v) is 7.90. The van der Waals surface area contributed by atoms with Crippen LogP contribution in [0.15, 0.2) is 176 Å². The molecule has 1 aliphatic rings. The number of benzene rings is 8. The molecule has 0 unspecified atom stereocenters. The van der Waals surface area contributed by atoms with Gasteiger partial charge in [-0.3, -0.25) is 0 Å². The van der Waals surface area contributed by atoms with E-state index in [-0.39, 0.29) is 11.2 Å². The molecule has 3 heteroatoms. The fraction of sp³-hybridized carbons (Fsp3) is 0.0638. The van der Waals surface area contributed by atoms with Gasteiger partial charge in [0.15, 0.2) is 0 Å². The lowest BCUT2D eigenvalue weighted by Crippen LogP contribution is -2.18. The Kier molecular flexibility index (Phi) is 7.03. The van der Waals surface area contributed by atoms with Gasteiger partial charge >= 0.3 is 0 Å². The maximum atomic E-state index is 16.0. The minimum atomic E-state index is -0.335. The Morgan fingerprint density at radius 3 is 1.72 bits per heavy atom. The van der Waals surface area contributed by atoms with E-state index in [9.17, 15) is 0 Å². The average Bonchev–Trinajstić information content (AvgIpc) is 3.39. The molecule has 0 bridgehead atoms. The van der Waals surface area contributed by atoms with Crippen LogP contribution in [0.1, 0.15) is 25.0 Å². The quantitative estimate of drug-likeness (QED) is 0.177. The fourth-order valence-electron chi connectivity index (χ4n) is 7.90. The molecule has 9 rings (SSSR count). The number of fused-ring (bicyclic) bond motifs is 6. The van der Waals surface area contributed by atoms with Gasteiger partial charge in [-0.2, -0.15) is 0 Å². The molecule has 0 aliphatic heterocycles. The van der Waals surface area contributed by atoms with Gasteiger partial charge in [-0.05, 0) is 93.7 Å². The Balaban J connectivity index is 1.29. The van der Waals surface area contributed by atoms with Crippen LogP contribution >= 0.6 is 0 Å². The first-order valence-corrected chi connectivity index (χ1v) is 17.1. The number of rotatable bonds is 6. The van der Waals surface area contributed by atoms with Crippen molar-refractivity contribution in [2.24, 2.45) is 0 Å². The lowest BCUT2D eigenvalue weighted by atomic mass is 9.81. The predicted molar refractivity (Wildman–Crippen MR) is 208 cm³/mol. The maximum absolute atomic E-state index is 16.0. The molecule has 0 saturated carbocycles. The van der Waals surface area contributed by atoms with Crippen LogP contribution in [0.2, 0.25) is 0 Å². The zero-order valence-corrected chi connectivity index (χ0v) is 28.0. The summed E-state index contributed by atoms with van der Waals surface area (Å²) in [5.41, 5.74) is 10.4. The first kappa shape index (κ1) is 29.9. The van der Waals surface area contributed by atoms with E-state index in [0.717, 1.165) is 50.0 Å². The third-order valence-corrected chi connectivity index (χ3v) is 10.3. The van der Waals surface area contributed by atoms with Crippen molar-refractivity contribution in [1.29, 1.82) is 0 Å². The van der Waals surface area contributed by atoms with Crippen LogP contribution in [0.4, 0.5) is 38.5 Å². The van der Waals surface area contributed by atoms with Gasteiger partial charge in [-0.15, -0.1) is 0 Å². The highest BCUT2D eigenvalue weighted by Gasteiger charge is 2.38. The second kappa shape index (κ2) is 11.7. The number of anilines is 6. The molecule has 2 nitrogen and oxygen atoms in total. The summed E-state index contributed by atoms with van der Waals surface area (Å²) in [7, 11) is 0. The molecular formula is C47H35FN2. The van der Waals surface area contributed by atoms with E-state index in [0.29, 0.717) is 5.69 Å². The highest BCUT2D eigenvalue weighted by molar-refractivity contribution is 6.11. The van der Waals surface area contributed by atoms with Crippen molar-refractivity contribution in [3.05, 3.63) is 193 Å². The van der Waals surface area contributed by atoms with Crippen molar-refractivity contribution in [1.82, 2.24) is 0 Å². The van der Waals surface area contributed by atoms with Crippen LogP contribution in [0.5, 0.6) is 0 Å². The summed E-state index contributed by atoms with van der Waals surface area (Å²) in [6.45, 7) is 4.64. The van der Waals surface area contributed by atoms with Crippen molar-refractivity contribution in [2.45, 2.75) is 19.3 Å². The molecule has 0 spiro atoms. The molecule has 240 valence electrons. The molecule has 0 heterocycles. The van der Waals surface area contributed by atoms with Crippen LogP contribution in [0.25, 0.3) is 32.7 Å². The van der Waals surface area contributed by atoms with Gasteiger partial charge in [0.05, 0.1) is 17.1 Å². The molecule has 0 atom stereocenters. The predicted octanol–water partition coefficient (Wildman–Crippen LogP) is 13.4. The smallest absolute Gasteiger partial charge is 0.147 e. The minimum absolute atomic E-state index is 0.265. The summed E-state index contributed by atoms with van der Waals surface area (Å²) in [4.78, 5) is 4.45. The van der Waals surface area contributed by atoms with E-state index in [2.05, 4.69) is 175 Å². The highest BCUT2D eigenvalue weighted by atomic mass is 19.1. The Hall–Kier alpha value is -6.19. The standard InChI is InChI=1S/C47H35FN2/c1-47(2)40-30-35(49(33-18-5-3-6-19-33)34-20-7-4-8-21-34)28-29-39(40)46-38-24-12-11-23-37(38)45(31-41(46)47)50(44-26-14-13-25-42(44)48)43-27-15-17-32-16-9-10-22-36(32)43/h3-31H,1-2H3. The van der Waals surface area contributed by atoms with Crippen LogP contribution in [-0.2, 0) is 5.41 Å². The summed E-state index contributed by atoms with van der Waals surface area (Å²) in [6, 6.07) is 60.6. The Labute approximate surface area is 292 Å². The second-order valence-electron chi connectivity index (χ2n) is 13.5. The number of nitrogens with zero attached hydrogens (tertiary/aromatic N) is 2. The molecule has 8 aromatic carbocycles. The third kappa shape index (κ3) is 4.69. The number of hydrogen-bond donors (Lipinski definition) is 0. The molecule has 0 N–H and O–H groups in total. The SMILES string of the molecule is CC1(C)c2cc(N(c3ccccc3)c3ccccc3)ccc2-c2c1cc(N(c1ccccc1F)c1cccc3ccccc13)c1ccccc21. The molecule has 50 heavy (non-hydrogen) atoms. The average molecular weight is 647 g/mol. The Bertz CT molecular complexity index is 2490. The summed E-state index contributed by atoms with van der Waals surface area (Å²) in [5.74, 6) is -0.265. The molecule has 8 aromatic rings. The Morgan fingerprint density at radius 1 is 0.420 bits per heavy atom. The van der Waals surface area contributed by atoms with Crippen molar-refractivity contribution in [3.8, 4) is 11.1 Å². The molecule has 0 fully saturated rings. The van der Waals surface area contributed by atoms with Gasteiger partial charge in [0, 0.05) is 33.2 Å². The van der Waals surface area contributed by atoms with Gasteiger partial charge in [0.1, 0.15) is 5.82 Å². The van der Waals surface area contributed by atoms with Crippen LogP contribution < -0.4 is 9.80 Å². The van der Waals surface area contributed by atoms with Crippen molar-refractivity contribution in [2.75, 3.05) is 9.80 Å². The van der Waals surface area contributed by atoms with Crippen molar-refractivity contribution < 1.29 is 4.39 Å². The molecule has 0 aromatic heterocycles. The van der Waals surface area contributed by atoms with Gasteiger partial charge < -0.3 is 9.80 Å².